The molecule has 2 N–H and O–H groups in total. The maximum atomic E-state index is 13.1. The molecule has 1 atom stereocenters. The zero-order chi connectivity index (χ0) is 23.4. The molecule has 1 aromatic rings. The first kappa shape index (κ1) is 25.9. The van der Waals surface area contributed by atoms with Crippen LogP contribution in [0.5, 0.6) is 0 Å². The second kappa shape index (κ2) is 12.6. The summed E-state index contributed by atoms with van der Waals surface area (Å²) in [5.41, 5.74) is 0.807. The Hall–Kier alpha value is -3.09. The van der Waals surface area contributed by atoms with E-state index in [9.17, 15) is 14.4 Å². The number of nitrogens with zero attached hydrogens (tertiary/aromatic N) is 1. The minimum Gasteiger partial charge on any atom is -0.444 e. The maximum Gasteiger partial charge on any atom is 0.408 e. The predicted molar refractivity (Wildman–Crippen MR) is 123 cm³/mol. The minimum absolute atomic E-state index is 0.138. The van der Waals surface area contributed by atoms with Gasteiger partial charge in [-0.3, -0.25) is 9.59 Å². The van der Waals surface area contributed by atoms with E-state index in [1.54, 1.807) is 39.0 Å². The third-order valence-corrected chi connectivity index (χ3v) is 4.28. The van der Waals surface area contributed by atoms with E-state index in [1.807, 2.05) is 25.1 Å². The fourth-order valence-electron chi connectivity index (χ4n) is 2.87. The highest BCUT2D eigenvalue weighted by Crippen LogP contribution is 2.23. The number of hydrogen-bond donors (Lipinski definition) is 2. The van der Waals surface area contributed by atoms with E-state index in [1.165, 1.54) is 4.90 Å². The SMILES string of the molecule is C=CCN(C(=O)CNC(=O)OC(C)(C)C)C(C(=O)NCCCC)c1cccc(C=C)c1. The molecule has 0 radical (unpaired) electrons. The van der Waals surface area contributed by atoms with Gasteiger partial charge in [-0.2, -0.15) is 0 Å². The molecule has 0 spiro atoms. The number of amides is 3. The largest absolute Gasteiger partial charge is 0.444 e. The zero-order valence-corrected chi connectivity index (χ0v) is 19.1. The number of benzene rings is 1. The quantitative estimate of drug-likeness (QED) is 0.413. The molecular weight excluding hydrogens is 394 g/mol. The third-order valence-electron chi connectivity index (χ3n) is 4.28. The fraction of sp³-hybridized carbons (Fsp3) is 0.458. The molecule has 0 bridgehead atoms. The van der Waals surface area contributed by atoms with Crippen molar-refractivity contribution in [2.75, 3.05) is 19.6 Å². The number of carbonyl (C=O) groups is 3. The smallest absolute Gasteiger partial charge is 0.408 e. The number of nitrogens with one attached hydrogen (secondary N) is 2. The molecule has 0 saturated carbocycles. The molecule has 0 heterocycles. The summed E-state index contributed by atoms with van der Waals surface area (Å²) in [7, 11) is 0. The first-order valence-electron chi connectivity index (χ1n) is 10.5. The van der Waals surface area contributed by atoms with Gasteiger partial charge in [0.1, 0.15) is 18.2 Å². The van der Waals surface area contributed by atoms with Crippen molar-refractivity contribution in [3.63, 3.8) is 0 Å². The van der Waals surface area contributed by atoms with Gasteiger partial charge in [0.25, 0.3) is 0 Å². The molecule has 31 heavy (non-hydrogen) atoms. The van der Waals surface area contributed by atoms with Crippen molar-refractivity contribution in [2.24, 2.45) is 0 Å². The summed E-state index contributed by atoms with van der Waals surface area (Å²) < 4.78 is 5.18. The Morgan fingerprint density at radius 2 is 1.90 bits per heavy atom. The van der Waals surface area contributed by atoms with Crippen molar-refractivity contribution in [1.29, 1.82) is 0 Å². The van der Waals surface area contributed by atoms with Crippen molar-refractivity contribution in [3.05, 3.63) is 54.6 Å². The Balaban J connectivity index is 3.14. The lowest BCUT2D eigenvalue weighted by Gasteiger charge is -2.31. The van der Waals surface area contributed by atoms with Crippen LogP contribution in [0.15, 0.2) is 43.5 Å². The molecular formula is C24H35N3O4. The first-order valence-corrected chi connectivity index (χ1v) is 10.5. The molecule has 0 aliphatic rings. The lowest BCUT2D eigenvalue weighted by Crippen LogP contribution is -2.48. The second-order valence-electron chi connectivity index (χ2n) is 8.11. The van der Waals surface area contributed by atoms with Gasteiger partial charge in [-0.1, -0.05) is 50.3 Å². The molecule has 1 rings (SSSR count). The van der Waals surface area contributed by atoms with E-state index in [2.05, 4.69) is 23.8 Å². The van der Waals surface area contributed by atoms with Crippen LogP contribution in [0, 0.1) is 0 Å². The highest BCUT2D eigenvalue weighted by molar-refractivity contribution is 5.90. The second-order valence-corrected chi connectivity index (χ2v) is 8.11. The molecule has 7 nitrogen and oxygen atoms in total. The molecule has 7 heteroatoms. The van der Waals surface area contributed by atoms with E-state index in [4.69, 9.17) is 4.74 Å². The van der Waals surface area contributed by atoms with Gasteiger partial charge in [0, 0.05) is 13.1 Å². The van der Waals surface area contributed by atoms with Gasteiger partial charge in [0.2, 0.25) is 11.8 Å². The third kappa shape index (κ3) is 9.07. The van der Waals surface area contributed by atoms with Crippen LogP contribution in [0.3, 0.4) is 0 Å². The number of carbonyl (C=O) groups excluding carboxylic acids is 3. The molecule has 170 valence electrons. The molecule has 0 saturated heterocycles. The Kier molecular flexibility index (Phi) is 10.5. The average molecular weight is 430 g/mol. The van der Waals surface area contributed by atoms with Crippen molar-refractivity contribution in [2.45, 2.75) is 52.2 Å². The first-order chi connectivity index (χ1) is 14.6. The summed E-state index contributed by atoms with van der Waals surface area (Å²) in [5, 5.41) is 5.37. The van der Waals surface area contributed by atoms with E-state index in [-0.39, 0.29) is 19.0 Å². The van der Waals surface area contributed by atoms with E-state index in [0.29, 0.717) is 12.1 Å². The summed E-state index contributed by atoms with van der Waals surface area (Å²) >= 11 is 0. The predicted octanol–water partition coefficient (Wildman–Crippen LogP) is 3.83. The van der Waals surface area contributed by atoms with Crippen LogP contribution in [0.25, 0.3) is 6.08 Å². The lowest BCUT2D eigenvalue weighted by atomic mass is 10.0. The Morgan fingerprint density at radius 1 is 1.19 bits per heavy atom. The molecule has 0 aromatic heterocycles. The minimum atomic E-state index is -0.873. The van der Waals surface area contributed by atoms with E-state index < -0.39 is 23.6 Å². The van der Waals surface area contributed by atoms with Crippen LogP contribution in [-0.4, -0.2) is 48.0 Å². The number of hydrogen-bond acceptors (Lipinski definition) is 4. The molecule has 3 amide bonds. The fourth-order valence-corrected chi connectivity index (χ4v) is 2.87. The number of unbranched alkanes of at least 4 members (excludes halogenated alkanes) is 1. The van der Waals surface area contributed by atoms with Gasteiger partial charge in [0.15, 0.2) is 0 Å². The van der Waals surface area contributed by atoms with Gasteiger partial charge in [0.05, 0.1) is 0 Å². The van der Waals surface area contributed by atoms with Crippen LogP contribution in [0.4, 0.5) is 4.79 Å². The van der Waals surface area contributed by atoms with Gasteiger partial charge >= 0.3 is 6.09 Å². The van der Waals surface area contributed by atoms with Crippen LogP contribution in [-0.2, 0) is 14.3 Å². The van der Waals surface area contributed by atoms with Crippen molar-refractivity contribution >= 4 is 24.0 Å². The maximum absolute atomic E-state index is 13.1. The van der Waals surface area contributed by atoms with Gasteiger partial charge in [-0.25, -0.2) is 4.79 Å². The lowest BCUT2D eigenvalue weighted by molar-refractivity contribution is -0.139. The van der Waals surface area contributed by atoms with E-state index in [0.717, 1.165) is 18.4 Å². The summed E-state index contributed by atoms with van der Waals surface area (Å²) in [6.07, 6.45) is 4.30. The van der Waals surface area contributed by atoms with E-state index >= 15 is 0 Å². The summed E-state index contributed by atoms with van der Waals surface area (Å²) in [6, 6.07) is 6.42. The van der Waals surface area contributed by atoms with Crippen molar-refractivity contribution in [3.8, 4) is 0 Å². The molecule has 1 unspecified atom stereocenters. The standard InChI is InChI=1S/C24H35N3O4/c1-7-10-14-25-22(29)21(19-13-11-12-18(9-3)16-19)27(15-8-2)20(28)17-26-23(30)31-24(4,5)6/h8-9,11-13,16,21H,2-3,7,10,14-15,17H2,1,4-6H3,(H,25,29)(H,26,30). The molecule has 1 aromatic carbocycles. The Bertz CT molecular complexity index is 783. The number of alkyl carbamates (subject to hydrolysis) is 1. The summed E-state index contributed by atoms with van der Waals surface area (Å²) in [5.74, 6) is -0.715. The molecule has 0 aliphatic heterocycles. The van der Waals surface area contributed by atoms with Crippen molar-refractivity contribution < 1.29 is 19.1 Å². The Morgan fingerprint density at radius 3 is 2.48 bits per heavy atom. The van der Waals surface area contributed by atoms with Crippen LogP contribution >= 0.6 is 0 Å². The van der Waals surface area contributed by atoms with Gasteiger partial charge < -0.3 is 20.3 Å². The van der Waals surface area contributed by atoms with Gasteiger partial charge in [-0.05, 0) is 44.4 Å². The highest BCUT2D eigenvalue weighted by Gasteiger charge is 2.31. The normalized spacial score (nSPS) is 11.7. The summed E-state index contributed by atoms with van der Waals surface area (Å²) in [6.45, 7) is 15.1. The van der Waals surface area contributed by atoms with Crippen LogP contribution in [0.2, 0.25) is 0 Å². The van der Waals surface area contributed by atoms with Crippen LogP contribution in [0.1, 0.15) is 57.7 Å². The molecule has 0 aliphatic carbocycles. The summed E-state index contributed by atoms with van der Waals surface area (Å²) in [4.78, 5) is 39.5. The molecule has 0 fully saturated rings. The number of ether oxygens (including phenoxy) is 1. The monoisotopic (exact) mass is 429 g/mol. The van der Waals surface area contributed by atoms with Crippen molar-refractivity contribution in [1.82, 2.24) is 15.5 Å². The topological polar surface area (TPSA) is 87.7 Å². The van der Waals surface area contributed by atoms with Crippen LogP contribution < -0.4 is 10.6 Å². The number of rotatable bonds is 11. The Labute approximate surface area is 185 Å². The zero-order valence-electron chi connectivity index (χ0n) is 19.1. The van der Waals surface area contributed by atoms with Gasteiger partial charge in [-0.15, -0.1) is 6.58 Å². The highest BCUT2D eigenvalue weighted by atomic mass is 16.6. The average Bonchev–Trinajstić information content (AvgIpc) is 2.70.